The number of nitrogens with two attached hydrogens (primary N) is 1. The zero-order chi connectivity index (χ0) is 9.45. The molecule has 0 aromatic heterocycles. The lowest BCUT2D eigenvalue weighted by molar-refractivity contribution is 0.122. The maximum absolute atomic E-state index is 6.12. The molecule has 0 aliphatic carbocycles. The molecule has 0 heterocycles. The van der Waals surface area contributed by atoms with Gasteiger partial charge in [-0.1, -0.05) is 33.1 Å². The van der Waals surface area contributed by atoms with Gasteiger partial charge in [-0.15, -0.1) is 0 Å². The smallest absolute Gasteiger partial charge is 0.0642 e. The molecule has 0 bridgehead atoms. The molecule has 0 aliphatic heterocycles. The molecule has 0 spiro atoms. The molecule has 0 saturated heterocycles. The van der Waals surface area contributed by atoms with Crippen molar-refractivity contribution in [3.8, 4) is 0 Å². The molecule has 12 heavy (non-hydrogen) atoms. The van der Waals surface area contributed by atoms with Crippen LogP contribution in [0.25, 0.3) is 0 Å². The number of ether oxygens (including phenoxy) is 1. The Morgan fingerprint density at radius 2 is 1.92 bits per heavy atom. The highest BCUT2D eigenvalue weighted by molar-refractivity contribution is 4.81. The van der Waals surface area contributed by atoms with E-state index in [-0.39, 0.29) is 5.54 Å². The molecule has 0 saturated carbocycles. The molecule has 1 atom stereocenters. The van der Waals surface area contributed by atoms with Crippen LogP contribution in [-0.4, -0.2) is 19.3 Å². The Morgan fingerprint density at radius 3 is 2.33 bits per heavy atom. The Morgan fingerprint density at radius 1 is 1.25 bits per heavy atom. The first-order valence-corrected chi connectivity index (χ1v) is 4.96. The molecule has 0 aromatic rings. The van der Waals surface area contributed by atoms with E-state index in [0.29, 0.717) is 6.61 Å². The van der Waals surface area contributed by atoms with Crippen LogP contribution >= 0.6 is 0 Å². The second kappa shape index (κ2) is 6.44. The molecule has 2 nitrogen and oxygen atoms in total. The van der Waals surface area contributed by atoms with Gasteiger partial charge in [-0.2, -0.15) is 0 Å². The summed E-state index contributed by atoms with van der Waals surface area (Å²) in [5, 5.41) is 0. The molecule has 0 radical (unpaired) electrons. The van der Waals surface area contributed by atoms with Gasteiger partial charge in [0.05, 0.1) is 6.61 Å². The fourth-order valence-corrected chi connectivity index (χ4v) is 1.37. The van der Waals surface area contributed by atoms with Crippen molar-refractivity contribution in [2.75, 3.05) is 13.7 Å². The van der Waals surface area contributed by atoms with E-state index in [1.54, 1.807) is 7.11 Å². The van der Waals surface area contributed by atoms with E-state index in [1.165, 1.54) is 19.3 Å². The lowest BCUT2D eigenvalue weighted by Gasteiger charge is -2.27. The van der Waals surface area contributed by atoms with Gasteiger partial charge in [0.25, 0.3) is 0 Å². The topological polar surface area (TPSA) is 35.2 Å². The van der Waals surface area contributed by atoms with E-state index in [4.69, 9.17) is 10.5 Å². The molecular formula is C10H23NO. The van der Waals surface area contributed by atoms with Crippen LogP contribution in [-0.2, 0) is 4.74 Å². The normalized spacial score (nSPS) is 16.0. The number of unbranched alkanes of at least 4 members (excludes halogenated alkanes) is 2. The second-order valence-corrected chi connectivity index (χ2v) is 3.61. The molecular weight excluding hydrogens is 150 g/mol. The van der Waals surface area contributed by atoms with Crippen LogP contribution < -0.4 is 5.73 Å². The van der Waals surface area contributed by atoms with Gasteiger partial charge in [0.15, 0.2) is 0 Å². The first-order valence-electron chi connectivity index (χ1n) is 4.96. The highest BCUT2D eigenvalue weighted by Crippen LogP contribution is 2.16. The molecule has 0 aromatic carbocycles. The van der Waals surface area contributed by atoms with E-state index in [0.717, 1.165) is 12.8 Å². The average molecular weight is 173 g/mol. The van der Waals surface area contributed by atoms with Crippen molar-refractivity contribution >= 4 is 0 Å². The highest BCUT2D eigenvalue weighted by atomic mass is 16.5. The van der Waals surface area contributed by atoms with E-state index in [1.807, 2.05) is 0 Å². The van der Waals surface area contributed by atoms with Gasteiger partial charge < -0.3 is 10.5 Å². The summed E-state index contributed by atoms with van der Waals surface area (Å²) in [5.74, 6) is 0. The standard InChI is InChI=1S/C10H23NO/c1-4-6-7-8-10(11,5-2)9-12-3/h4-9,11H2,1-3H3. The van der Waals surface area contributed by atoms with Crippen molar-refractivity contribution in [2.24, 2.45) is 5.73 Å². The fourth-order valence-electron chi connectivity index (χ4n) is 1.37. The molecule has 0 rings (SSSR count). The number of methoxy groups -OCH3 is 1. The Bertz CT molecular complexity index is 106. The minimum atomic E-state index is -0.0794. The van der Waals surface area contributed by atoms with Crippen molar-refractivity contribution in [3.63, 3.8) is 0 Å². The minimum absolute atomic E-state index is 0.0794. The number of hydrogen-bond acceptors (Lipinski definition) is 2. The highest BCUT2D eigenvalue weighted by Gasteiger charge is 2.21. The van der Waals surface area contributed by atoms with Crippen LogP contribution in [0.2, 0.25) is 0 Å². The summed E-state index contributed by atoms with van der Waals surface area (Å²) in [4.78, 5) is 0. The zero-order valence-electron chi connectivity index (χ0n) is 8.73. The van der Waals surface area contributed by atoms with Gasteiger partial charge in [0.1, 0.15) is 0 Å². The Kier molecular flexibility index (Phi) is 6.39. The van der Waals surface area contributed by atoms with Gasteiger partial charge >= 0.3 is 0 Å². The molecule has 2 N–H and O–H groups in total. The van der Waals surface area contributed by atoms with Crippen molar-refractivity contribution in [1.82, 2.24) is 0 Å². The second-order valence-electron chi connectivity index (χ2n) is 3.61. The lowest BCUT2D eigenvalue weighted by Crippen LogP contribution is -2.43. The van der Waals surface area contributed by atoms with Crippen molar-refractivity contribution in [2.45, 2.75) is 51.5 Å². The van der Waals surface area contributed by atoms with Gasteiger partial charge in [-0.3, -0.25) is 0 Å². The van der Waals surface area contributed by atoms with Gasteiger partial charge in [-0.05, 0) is 12.8 Å². The van der Waals surface area contributed by atoms with Crippen molar-refractivity contribution in [1.29, 1.82) is 0 Å². The maximum Gasteiger partial charge on any atom is 0.0642 e. The first-order chi connectivity index (χ1) is 5.68. The predicted molar refractivity (Wildman–Crippen MR) is 53.2 cm³/mol. The van der Waals surface area contributed by atoms with E-state index in [9.17, 15) is 0 Å². The molecule has 0 amide bonds. The SMILES string of the molecule is CCCCCC(N)(CC)COC. The lowest BCUT2D eigenvalue weighted by atomic mass is 9.91. The van der Waals surface area contributed by atoms with E-state index >= 15 is 0 Å². The van der Waals surface area contributed by atoms with E-state index in [2.05, 4.69) is 13.8 Å². The summed E-state index contributed by atoms with van der Waals surface area (Å²) in [6, 6.07) is 0. The van der Waals surface area contributed by atoms with E-state index < -0.39 is 0 Å². The van der Waals surface area contributed by atoms with Crippen LogP contribution in [0.3, 0.4) is 0 Å². The van der Waals surface area contributed by atoms with Crippen molar-refractivity contribution < 1.29 is 4.74 Å². The van der Waals surface area contributed by atoms with Crippen molar-refractivity contribution in [3.05, 3.63) is 0 Å². The average Bonchev–Trinajstić information content (AvgIpc) is 2.06. The number of hydrogen-bond donors (Lipinski definition) is 1. The third-order valence-corrected chi connectivity index (χ3v) is 2.41. The zero-order valence-corrected chi connectivity index (χ0v) is 8.73. The Labute approximate surface area is 76.5 Å². The monoisotopic (exact) mass is 173 g/mol. The molecule has 0 fully saturated rings. The summed E-state index contributed by atoms with van der Waals surface area (Å²) < 4.78 is 5.10. The Hall–Kier alpha value is -0.0800. The molecule has 0 aliphatic rings. The van der Waals surface area contributed by atoms with Gasteiger partial charge in [-0.25, -0.2) is 0 Å². The summed E-state index contributed by atoms with van der Waals surface area (Å²) in [6.45, 7) is 5.03. The summed E-state index contributed by atoms with van der Waals surface area (Å²) in [7, 11) is 1.72. The van der Waals surface area contributed by atoms with Crippen LogP contribution in [0.15, 0.2) is 0 Å². The molecule has 74 valence electrons. The fraction of sp³-hybridized carbons (Fsp3) is 1.00. The Balaban J connectivity index is 3.63. The first kappa shape index (κ1) is 11.9. The third kappa shape index (κ3) is 4.73. The van der Waals surface area contributed by atoms with Crippen LogP contribution in [0.1, 0.15) is 46.0 Å². The maximum atomic E-state index is 6.12. The van der Waals surface area contributed by atoms with Gasteiger partial charge in [0, 0.05) is 12.6 Å². The summed E-state index contributed by atoms with van der Waals surface area (Å²) in [6.07, 6.45) is 5.86. The molecule has 1 unspecified atom stereocenters. The molecule has 2 heteroatoms. The summed E-state index contributed by atoms with van der Waals surface area (Å²) >= 11 is 0. The quantitative estimate of drug-likeness (QED) is 0.600. The number of rotatable bonds is 7. The predicted octanol–water partition coefficient (Wildman–Crippen LogP) is 2.32. The minimum Gasteiger partial charge on any atom is -0.383 e. The van der Waals surface area contributed by atoms with Crippen LogP contribution in [0.5, 0.6) is 0 Å². The summed E-state index contributed by atoms with van der Waals surface area (Å²) in [5.41, 5.74) is 6.04. The van der Waals surface area contributed by atoms with Gasteiger partial charge in [0.2, 0.25) is 0 Å². The van der Waals surface area contributed by atoms with Crippen LogP contribution in [0.4, 0.5) is 0 Å². The van der Waals surface area contributed by atoms with Crippen LogP contribution in [0, 0.1) is 0 Å². The third-order valence-electron chi connectivity index (χ3n) is 2.41. The largest absolute Gasteiger partial charge is 0.383 e.